The van der Waals surface area contributed by atoms with Gasteiger partial charge in [-0.05, 0) is 19.1 Å². The van der Waals surface area contributed by atoms with Gasteiger partial charge in [-0.2, -0.15) is 5.10 Å². The van der Waals surface area contributed by atoms with Gasteiger partial charge in [0.25, 0.3) is 5.56 Å². The summed E-state index contributed by atoms with van der Waals surface area (Å²) < 4.78 is 1.58. The number of hydrogen-bond donors (Lipinski definition) is 2. The van der Waals surface area contributed by atoms with Crippen molar-refractivity contribution in [3.8, 4) is 5.69 Å². The molecule has 0 radical (unpaired) electrons. The van der Waals surface area contributed by atoms with E-state index in [0.29, 0.717) is 5.56 Å². The van der Waals surface area contributed by atoms with E-state index in [4.69, 9.17) is 0 Å². The van der Waals surface area contributed by atoms with Crippen molar-refractivity contribution in [2.75, 3.05) is 0 Å². The second-order valence-electron chi connectivity index (χ2n) is 5.54. The first-order chi connectivity index (χ1) is 11.7. The lowest BCUT2D eigenvalue weighted by molar-refractivity contribution is 0.734. The zero-order valence-electron chi connectivity index (χ0n) is 13.1. The Morgan fingerprint density at radius 1 is 1.04 bits per heavy atom. The van der Waals surface area contributed by atoms with E-state index in [-0.39, 0.29) is 10.9 Å². The Bertz CT molecular complexity index is 944. The summed E-state index contributed by atoms with van der Waals surface area (Å²) in [5.74, 6) is 0. The van der Waals surface area contributed by atoms with Crippen molar-refractivity contribution in [2.24, 2.45) is 5.10 Å². The molecule has 0 fully saturated rings. The minimum absolute atomic E-state index is 0.0480. The fourth-order valence-electron chi connectivity index (χ4n) is 2.75. The van der Waals surface area contributed by atoms with E-state index in [2.05, 4.69) is 15.6 Å². The number of nitrogens with one attached hydrogen (secondary N) is 2. The van der Waals surface area contributed by atoms with Crippen LogP contribution >= 0.6 is 11.8 Å². The van der Waals surface area contributed by atoms with Gasteiger partial charge >= 0.3 is 0 Å². The largest absolute Gasteiger partial charge is 0.295 e. The maximum Gasteiger partial charge on any atom is 0.277 e. The van der Waals surface area contributed by atoms with Gasteiger partial charge in [0.15, 0.2) is 0 Å². The Labute approximate surface area is 143 Å². The maximum absolute atomic E-state index is 12.8. The van der Waals surface area contributed by atoms with Crippen molar-refractivity contribution in [1.29, 1.82) is 0 Å². The van der Waals surface area contributed by atoms with Crippen LogP contribution in [0.15, 0.2) is 70.6 Å². The Morgan fingerprint density at radius 3 is 2.42 bits per heavy atom. The number of hydrogen-bond acceptors (Lipinski definition) is 4. The predicted molar refractivity (Wildman–Crippen MR) is 97.6 cm³/mol. The molecule has 2 aromatic carbocycles. The molecule has 0 amide bonds. The summed E-state index contributed by atoms with van der Waals surface area (Å²) in [5.41, 5.74) is 6.46. The molecule has 0 unspecified atom stereocenters. The van der Waals surface area contributed by atoms with Crippen LogP contribution in [0.25, 0.3) is 5.69 Å². The van der Waals surface area contributed by atoms with Gasteiger partial charge in [-0.3, -0.25) is 15.3 Å². The first-order valence-electron chi connectivity index (χ1n) is 7.66. The molecular formula is C18H16N4OS. The molecule has 0 bridgehead atoms. The molecule has 0 spiro atoms. The zero-order valence-corrected chi connectivity index (χ0v) is 13.9. The molecule has 3 aromatic rings. The fourth-order valence-corrected chi connectivity index (χ4v) is 3.85. The van der Waals surface area contributed by atoms with Crippen LogP contribution in [0, 0.1) is 6.92 Å². The lowest BCUT2D eigenvalue weighted by Gasteiger charge is -2.06. The second kappa shape index (κ2) is 6.05. The zero-order chi connectivity index (χ0) is 16.5. The molecule has 1 aliphatic heterocycles. The molecular weight excluding hydrogens is 320 g/mol. The van der Waals surface area contributed by atoms with E-state index in [9.17, 15) is 4.79 Å². The van der Waals surface area contributed by atoms with E-state index >= 15 is 0 Å². The molecule has 2 N–H and O–H groups in total. The molecule has 24 heavy (non-hydrogen) atoms. The number of aryl methyl sites for hydroxylation is 1. The predicted octanol–water partition coefficient (Wildman–Crippen LogP) is 3.17. The minimum atomic E-state index is -0.186. The van der Waals surface area contributed by atoms with Crippen LogP contribution in [0.4, 0.5) is 0 Å². The van der Waals surface area contributed by atoms with E-state index in [1.807, 2.05) is 67.6 Å². The molecule has 5 nitrogen and oxygen atoms in total. The summed E-state index contributed by atoms with van der Waals surface area (Å²) in [7, 11) is 0. The third-order valence-electron chi connectivity index (χ3n) is 3.93. The number of aromatic nitrogens is 2. The normalized spacial score (nSPS) is 16.7. The van der Waals surface area contributed by atoms with Crippen molar-refractivity contribution in [3.05, 3.63) is 87.8 Å². The summed E-state index contributed by atoms with van der Waals surface area (Å²) in [6.07, 6.45) is 0. The molecule has 1 aromatic heterocycles. The number of benzene rings is 2. The summed E-state index contributed by atoms with van der Waals surface area (Å²) in [4.78, 5) is 12.8. The number of nitrogens with zero attached hydrogens (tertiary/aromatic N) is 2. The monoisotopic (exact) mass is 336 g/mol. The molecule has 0 aliphatic carbocycles. The lowest BCUT2D eigenvalue weighted by Crippen LogP contribution is -2.21. The first kappa shape index (κ1) is 14.8. The van der Waals surface area contributed by atoms with Gasteiger partial charge in [-0.1, -0.05) is 60.3 Å². The molecule has 2 heterocycles. The third kappa shape index (κ3) is 2.55. The number of para-hydroxylation sites is 1. The molecule has 6 heteroatoms. The molecule has 0 saturated heterocycles. The van der Waals surface area contributed by atoms with Crippen LogP contribution in [0.5, 0.6) is 0 Å². The highest BCUT2D eigenvalue weighted by Crippen LogP contribution is 2.33. The van der Waals surface area contributed by atoms with Crippen LogP contribution in [0.1, 0.15) is 22.2 Å². The molecule has 0 saturated carbocycles. The summed E-state index contributed by atoms with van der Waals surface area (Å²) >= 11 is 1.56. The topological polar surface area (TPSA) is 62.2 Å². The number of H-pyrrole nitrogens is 1. The summed E-state index contributed by atoms with van der Waals surface area (Å²) in [5, 5.41) is 8.27. The van der Waals surface area contributed by atoms with Crippen molar-refractivity contribution in [3.63, 3.8) is 0 Å². The van der Waals surface area contributed by atoms with Gasteiger partial charge in [0.1, 0.15) is 10.4 Å². The average molecular weight is 336 g/mol. The van der Waals surface area contributed by atoms with Gasteiger partial charge in [0.05, 0.1) is 11.3 Å². The lowest BCUT2D eigenvalue weighted by atomic mass is 10.2. The standard InChI is InChI=1S/C18H16N4OS/c1-12-15(18(23)22(21-12)14-10-6-3-7-11-14)17-20-19-16(24-17)13-8-4-2-5-9-13/h2-11,17,20-21H,1H3/t17-/m1/s1. The SMILES string of the molecule is Cc1[nH]n(-c2ccccc2)c(=O)c1[C@@H]1NN=C(c2ccccc2)S1. The van der Waals surface area contributed by atoms with Crippen molar-refractivity contribution >= 4 is 16.8 Å². The van der Waals surface area contributed by atoms with Gasteiger partial charge in [0, 0.05) is 11.3 Å². The molecule has 120 valence electrons. The van der Waals surface area contributed by atoms with Gasteiger partial charge in [0.2, 0.25) is 0 Å². The maximum atomic E-state index is 12.8. The highest BCUT2D eigenvalue weighted by atomic mass is 32.2. The number of thioether (sulfide) groups is 1. The first-order valence-corrected chi connectivity index (χ1v) is 8.54. The third-order valence-corrected chi connectivity index (χ3v) is 5.05. The van der Waals surface area contributed by atoms with E-state index in [0.717, 1.165) is 22.0 Å². The van der Waals surface area contributed by atoms with Crippen molar-refractivity contribution in [1.82, 2.24) is 15.2 Å². The van der Waals surface area contributed by atoms with Crippen molar-refractivity contribution < 1.29 is 0 Å². The Balaban J connectivity index is 1.65. The number of hydrazone groups is 1. The van der Waals surface area contributed by atoms with E-state index in [1.54, 1.807) is 16.4 Å². The van der Waals surface area contributed by atoms with Gasteiger partial charge in [-0.25, -0.2) is 4.68 Å². The summed E-state index contributed by atoms with van der Waals surface area (Å²) in [6, 6.07) is 19.5. The van der Waals surface area contributed by atoms with Crippen LogP contribution in [0.3, 0.4) is 0 Å². The number of rotatable bonds is 3. The van der Waals surface area contributed by atoms with Gasteiger partial charge < -0.3 is 0 Å². The van der Waals surface area contributed by atoms with Crippen LogP contribution in [-0.4, -0.2) is 14.8 Å². The van der Waals surface area contributed by atoms with Crippen LogP contribution in [0.2, 0.25) is 0 Å². The van der Waals surface area contributed by atoms with Crippen LogP contribution in [-0.2, 0) is 0 Å². The average Bonchev–Trinajstić information content (AvgIpc) is 3.21. The Kier molecular flexibility index (Phi) is 3.74. The van der Waals surface area contributed by atoms with Gasteiger partial charge in [-0.15, -0.1) is 0 Å². The number of aromatic amines is 1. The minimum Gasteiger partial charge on any atom is -0.295 e. The summed E-state index contributed by atoms with van der Waals surface area (Å²) in [6.45, 7) is 1.92. The van der Waals surface area contributed by atoms with E-state index < -0.39 is 0 Å². The second-order valence-corrected chi connectivity index (χ2v) is 6.63. The smallest absolute Gasteiger partial charge is 0.277 e. The quantitative estimate of drug-likeness (QED) is 0.772. The fraction of sp³-hybridized carbons (Fsp3) is 0.111. The highest BCUT2D eigenvalue weighted by molar-refractivity contribution is 8.14. The van der Waals surface area contributed by atoms with Crippen molar-refractivity contribution in [2.45, 2.75) is 12.3 Å². The molecule has 1 atom stereocenters. The Morgan fingerprint density at radius 2 is 1.71 bits per heavy atom. The molecule has 1 aliphatic rings. The Hall–Kier alpha value is -2.73. The molecule has 4 rings (SSSR count). The highest BCUT2D eigenvalue weighted by Gasteiger charge is 2.28. The van der Waals surface area contributed by atoms with E-state index in [1.165, 1.54) is 0 Å². The van der Waals surface area contributed by atoms with Crippen LogP contribution < -0.4 is 11.0 Å².